The zero-order valence-electron chi connectivity index (χ0n) is 25.7. The van der Waals surface area contributed by atoms with Crippen molar-refractivity contribution >= 4 is 46.3 Å². The van der Waals surface area contributed by atoms with Gasteiger partial charge in [0.25, 0.3) is 17.4 Å². The van der Waals surface area contributed by atoms with E-state index in [0.717, 1.165) is 40.1 Å². The third-order valence-electron chi connectivity index (χ3n) is 8.58. The Morgan fingerprint density at radius 1 is 0.933 bits per heavy atom. The zero-order valence-corrected chi connectivity index (χ0v) is 26.5. The first-order chi connectivity index (χ1) is 21.7. The van der Waals surface area contributed by atoms with Crippen molar-refractivity contribution in [2.45, 2.75) is 39.5 Å². The third-order valence-corrected chi connectivity index (χ3v) is 9.82. The second-order valence-electron chi connectivity index (χ2n) is 11.6. The SMILES string of the molecule is CC(=O)N1CCN(C(=O)c2ccc(Nc3cc(-c4cccc(NC(=O)c5cc6c(s5)CCCC6)c4C)cn(C)c3=O)nc2)CC1. The van der Waals surface area contributed by atoms with Crippen LogP contribution in [-0.2, 0) is 24.7 Å². The molecular weight excluding hydrogens is 588 g/mol. The van der Waals surface area contributed by atoms with Crippen LogP contribution in [0.3, 0.4) is 0 Å². The Bertz CT molecular complexity index is 1810. The third kappa shape index (κ3) is 6.39. The normalized spacial score (nSPS) is 14.6. The summed E-state index contributed by atoms with van der Waals surface area (Å²) in [6.07, 6.45) is 7.70. The molecule has 232 valence electrons. The fourth-order valence-corrected chi connectivity index (χ4v) is 7.11. The molecule has 0 radical (unpaired) electrons. The van der Waals surface area contributed by atoms with Gasteiger partial charge in [0.2, 0.25) is 5.91 Å². The highest BCUT2D eigenvalue weighted by Crippen LogP contribution is 2.32. The van der Waals surface area contributed by atoms with E-state index in [4.69, 9.17) is 0 Å². The highest BCUT2D eigenvalue weighted by molar-refractivity contribution is 7.14. The summed E-state index contributed by atoms with van der Waals surface area (Å²) in [4.78, 5) is 60.7. The number of carbonyl (C=O) groups is 3. The Labute approximate surface area is 265 Å². The predicted molar refractivity (Wildman–Crippen MR) is 176 cm³/mol. The molecule has 3 amide bonds. The van der Waals surface area contributed by atoms with Crippen molar-refractivity contribution in [3.63, 3.8) is 0 Å². The van der Waals surface area contributed by atoms with Crippen molar-refractivity contribution in [1.29, 1.82) is 0 Å². The summed E-state index contributed by atoms with van der Waals surface area (Å²) in [5.74, 6) is 0.189. The van der Waals surface area contributed by atoms with Crippen molar-refractivity contribution in [1.82, 2.24) is 19.4 Å². The predicted octanol–water partition coefficient (Wildman–Crippen LogP) is 5.00. The fraction of sp³-hybridized carbons (Fsp3) is 0.324. The lowest BCUT2D eigenvalue weighted by molar-refractivity contribution is -0.130. The van der Waals surface area contributed by atoms with Crippen LogP contribution >= 0.6 is 11.3 Å². The average Bonchev–Trinajstić information content (AvgIpc) is 3.49. The second-order valence-corrected chi connectivity index (χ2v) is 12.7. The molecule has 45 heavy (non-hydrogen) atoms. The van der Waals surface area contributed by atoms with Crippen LogP contribution in [0, 0.1) is 6.92 Å². The number of piperazine rings is 1. The standard InChI is InChI=1S/C34H36N6O4S/c1-21-26(8-6-9-27(21)37-32(42)30-18-23-7-4-5-10-29(23)45-30)25-17-28(34(44)38(3)20-25)36-31-12-11-24(19-35-31)33(43)40-15-13-39(14-16-40)22(2)41/h6,8-9,11-12,17-20H,4-5,7,10,13-16H2,1-3H3,(H,35,36)(H,37,42). The monoisotopic (exact) mass is 624 g/mol. The van der Waals surface area contributed by atoms with Gasteiger partial charge in [-0.15, -0.1) is 11.3 Å². The lowest BCUT2D eigenvalue weighted by Crippen LogP contribution is -2.50. The molecule has 10 nitrogen and oxygen atoms in total. The summed E-state index contributed by atoms with van der Waals surface area (Å²) in [6, 6.07) is 12.9. The first-order valence-electron chi connectivity index (χ1n) is 15.2. The van der Waals surface area contributed by atoms with E-state index in [9.17, 15) is 19.2 Å². The van der Waals surface area contributed by atoms with Crippen molar-refractivity contribution in [2.75, 3.05) is 36.8 Å². The van der Waals surface area contributed by atoms with Crippen LogP contribution in [0.15, 0.2) is 59.7 Å². The van der Waals surface area contributed by atoms with Crippen LogP contribution in [0.4, 0.5) is 17.2 Å². The number of carbonyl (C=O) groups excluding carboxylic acids is 3. The number of nitrogens with zero attached hydrogens (tertiary/aromatic N) is 4. The van der Waals surface area contributed by atoms with Crippen molar-refractivity contribution in [3.8, 4) is 11.1 Å². The summed E-state index contributed by atoms with van der Waals surface area (Å²) in [7, 11) is 1.69. The van der Waals surface area contributed by atoms with E-state index < -0.39 is 0 Å². The Morgan fingerprint density at radius 3 is 2.40 bits per heavy atom. The van der Waals surface area contributed by atoms with Crippen molar-refractivity contribution in [2.24, 2.45) is 7.05 Å². The number of pyridine rings is 2. The van der Waals surface area contributed by atoms with E-state index in [1.807, 2.05) is 31.2 Å². The molecule has 6 rings (SSSR count). The quantitative estimate of drug-likeness (QED) is 0.312. The molecule has 4 aromatic rings. The largest absolute Gasteiger partial charge is 0.339 e. The van der Waals surface area contributed by atoms with Gasteiger partial charge in [-0.25, -0.2) is 4.98 Å². The number of amides is 3. The summed E-state index contributed by atoms with van der Waals surface area (Å²) in [5.41, 5.74) is 5.14. The first kappa shape index (κ1) is 30.3. The maximum Gasteiger partial charge on any atom is 0.274 e. The fourth-order valence-electron chi connectivity index (χ4n) is 5.96. The molecule has 1 fully saturated rings. The Hall–Kier alpha value is -4.77. The Morgan fingerprint density at radius 2 is 1.69 bits per heavy atom. The Kier molecular flexibility index (Phi) is 8.53. The molecule has 3 aromatic heterocycles. The summed E-state index contributed by atoms with van der Waals surface area (Å²) in [5, 5.41) is 6.22. The molecule has 0 bridgehead atoms. The number of rotatable bonds is 6. The minimum atomic E-state index is -0.229. The van der Waals surface area contributed by atoms with Crippen LogP contribution < -0.4 is 16.2 Å². The number of hydrogen-bond acceptors (Lipinski definition) is 7. The molecule has 1 aliphatic heterocycles. The number of nitrogens with one attached hydrogen (secondary N) is 2. The van der Waals surface area contributed by atoms with E-state index >= 15 is 0 Å². The van der Waals surface area contributed by atoms with Gasteiger partial charge in [0.05, 0.1) is 10.4 Å². The van der Waals surface area contributed by atoms with Crippen LogP contribution in [0.5, 0.6) is 0 Å². The lowest BCUT2D eigenvalue weighted by atomic mass is 9.99. The Balaban J connectivity index is 1.18. The lowest BCUT2D eigenvalue weighted by Gasteiger charge is -2.34. The molecule has 1 aliphatic carbocycles. The van der Waals surface area contributed by atoms with Gasteiger partial charge in [-0.3, -0.25) is 19.2 Å². The number of hydrogen-bond donors (Lipinski definition) is 2. The highest BCUT2D eigenvalue weighted by atomic mass is 32.1. The van der Waals surface area contributed by atoms with Gasteiger partial charge in [0.15, 0.2) is 0 Å². The van der Waals surface area contributed by atoms with Crippen LogP contribution in [0.1, 0.15) is 55.8 Å². The first-order valence-corrected chi connectivity index (χ1v) is 16.0. The van der Waals surface area contributed by atoms with Gasteiger partial charge in [-0.05, 0) is 79.6 Å². The van der Waals surface area contributed by atoms with E-state index in [2.05, 4.69) is 15.6 Å². The van der Waals surface area contributed by atoms with Crippen molar-refractivity contribution in [3.05, 3.63) is 91.7 Å². The number of benzene rings is 1. The molecule has 1 aromatic carbocycles. The number of aryl methyl sites for hydroxylation is 3. The zero-order chi connectivity index (χ0) is 31.7. The molecule has 0 unspecified atom stereocenters. The van der Waals surface area contributed by atoms with Crippen LogP contribution in [-0.4, -0.2) is 63.3 Å². The molecule has 0 atom stereocenters. The van der Waals surface area contributed by atoms with Crippen LogP contribution in [0.25, 0.3) is 11.1 Å². The topological polar surface area (TPSA) is 117 Å². The smallest absolute Gasteiger partial charge is 0.274 e. The van der Waals surface area contributed by atoms with Gasteiger partial charge in [0.1, 0.15) is 11.5 Å². The number of anilines is 3. The molecule has 0 spiro atoms. The molecule has 11 heteroatoms. The summed E-state index contributed by atoms with van der Waals surface area (Å²) < 4.78 is 1.51. The number of aromatic nitrogens is 2. The van der Waals surface area contributed by atoms with Gasteiger partial charge in [0, 0.05) is 68.7 Å². The van der Waals surface area contributed by atoms with Gasteiger partial charge in [-0.2, -0.15) is 0 Å². The molecule has 1 saturated heterocycles. The number of fused-ring (bicyclic) bond motifs is 1. The van der Waals surface area contributed by atoms with E-state index in [1.54, 1.807) is 52.6 Å². The maximum atomic E-state index is 13.2. The summed E-state index contributed by atoms with van der Waals surface area (Å²) in [6.45, 7) is 5.46. The number of thiophene rings is 1. The molecule has 2 N–H and O–H groups in total. The van der Waals surface area contributed by atoms with Crippen LogP contribution in [0.2, 0.25) is 0 Å². The van der Waals surface area contributed by atoms with Gasteiger partial charge < -0.3 is 25.0 Å². The highest BCUT2D eigenvalue weighted by Gasteiger charge is 2.24. The minimum absolute atomic E-state index is 0.0102. The second kappa shape index (κ2) is 12.7. The van der Waals surface area contributed by atoms with Crippen molar-refractivity contribution < 1.29 is 14.4 Å². The molecule has 2 aliphatic rings. The molecule has 4 heterocycles. The minimum Gasteiger partial charge on any atom is -0.339 e. The van der Waals surface area contributed by atoms with E-state index in [-0.39, 0.29) is 23.3 Å². The van der Waals surface area contributed by atoms with E-state index in [1.165, 1.54) is 41.0 Å². The average molecular weight is 625 g/mol. The summed E-state index contributed by atoms with van der Waals surface area (Å²) >= 11 is 1.59. The molecular formula is C34H36N6O4S. The van der Waals surface area contributed by atoms with Gasteiger partial charge >= 0.3 is 0 Å². The molecule has 0 saturated carbocycles. The maximum absolute atomic E-state index is 13.2. The van der Waals surface area contributed by atoms with Gasteiger partial charge in [-0.1, -0.05) is 12.1 Å². The van der Waals surface area contributed by atoms with E-state index in [0.29, 0.717) is 43.2 Å².